The zero-order chi connectivity index (χ0) is 12.8. The minimum Gasteiger partial charge on any atom is -0.383 e. The van der Waals surface area contributed by atoms with Gasteiger partial charge in [0.25, 0.3) is 0 Å². The number of halogens is 1. The van der Waals surface area contributed by atoms with Gasteiger partial charge in [-0.25, -0.2) is 4.39 Å². The average Bonchev–Trinajstić information content (AvgIpc) is 2.29. The number of benzene rings is 1. The zero-order valence-corrected chi connectivity index (χ0v) is 10.7. The number of ether oxygens (including phenoxy) is 1. The van der Waals surface area contributed by atoms with Crippen LogP contribution >= 0.6 is 0 Å². The highest BCUT2D eigenvalue weighted by Crippen LogP contribution is 2.20. The molecule has 3 nitrogen and oxygen atoms in total. The lowest BCUT2D eigenvalue weighted by molar-refractivity contribution is 0.204. The Labute approximate surface area is 102 Å². The maximum atomic E-state index is 13.7. The topological polar surface area (TPSA) is 38.5 Å². The van der Waals surface area contributed by atoms with Crippen LogP contribution in [0.5, 0.6) is 0 Å². The van der Waals surface area contributed by atoms with E-state index < -0.39 is 0 Å². The van der Waals surface area contributed by atoms with Crippen LogP contribution in [0, 0.1) is 5.82 Å². The van der Waals surface area contributed by atoms with Crippen molar-refractivity contribution in [1.82, 2.24) is 0 Å². The number of nitrogens with zero attached hydrogens (tertiary/aromatic N) is 1. The Morgan fingerprint density at radius 1 is 1.41 bits per heavy atom. The fourth-order valence-electron chi connectivity index (χ4n) is 1.76. The normalized spacial score (nSPS) is 10.9. The lowest BCUT2D eigenvalue weighted by Crippen LogP contribution is -2.33. The lowest BCUT2D eigenvalue weighted by atomic mass is 10.1. The molecule has 96 valence electrons. The van der Waals surface area contributed by atoms with Gasteiger partial charge in [-0.3, -0.25) is 0 Å². The number of rotatable bonds is 6. The SMILES string of the molecule is COCCN(c1ccc(CN)c(F)c1)C(C)C. The third-order valence-electron chi connectivity index (χ3n) is 2.75. The van der Waals surface area contributed by atoms with E-state index in [0.717, 1.165) is 12.2 Å². The number of anilines is 1. The Bertz CT molecular complexity index is 355. The van der Waals surface area contributed by atoms with E-state index in [9.17, 15) is 4.39 Å². The maximum absolute atomic E-state index is 13.7. The van der Waals surface area contributed by atoms with Crippen LogP contribution in [0.15, 0.2) is 18.2 Å². The van der Waals surface area contributed by atoms with Crippen LogP contribution in [0.25, 0.3) is 0 Å². The summed E-state index contributed by atoms with van der Waals surface area (Å²) in [6, 6.07) is 5.49. The first-order valence-corrected chi connectivity index (χ1v) is 5.84. The van der Waals surface area contributed by atoms with Gasteiger partial charge in [-0.2, -0.15) is 0 Å². The van der Waals surface area contributed by atoms with E-state index in [1.807, 2.05) is 6.07 Å². The van der Waals surface area contributed by atoms with E-state index in [1.54, 1.807) is 13.2 Å². The largest absolute Gasteiger partial charge is 0.383 e. The fourth-order valence-corrected chi connectivity index (χ4v) is 1.76. The predicted octanol–water partition coefficient (Wildman–Crippen LogP) is 2.15. The zero-order valence-electron chi connectivity index (χ0n) is 10.7. The molecule has 1 aromatic rings. The molecule has 1 aromatic carbocycles. The first kappa shape index (κ1) is 13.9. The molecule has 1 rings (SSSR count). The van der Waals surface area contributed by atoms with Crippen molar-refractivity contribution in [3.63, 3.8) is 0 Å². The molecule has 0 saturated carbocycles. The summed E-state index contributed by atoms with van der Waals surface area (Å²) in [6.07, 6.45) is 0. The molecular weight excluding hydrogens is 219 g/mol. The summed E-state index contributed by atoms with van der Waals surface area (Å²) in [5.41, 5.74) is 6.86. The van der Waals surface area contributed by atoms with Crippen LogP contribution in [0.2, 0.25) is 0 Å². The molecule has 0 unspecified atom stereocenters. The minimum absolute atomic E-state index is 0.228. The summed E-state index contributed by atoms with van der Waals surface area (Å²) in [5.74, 6) is -0.243. The van der Waals surface area contributed by atoms with Gasteiger partial charge in [0, 0.05) is 37.5 Å². The van der Waals surface area contributed by atoms with Crippen LogP contribution in [-0.2, 0) is 11.3 Å². The van der Waals surface area contributed by atoms with Crippen molar-refractivity contribution in [2.24, 2.45) is 5.73 Å². The minimum atomic E-state index is -0.243. The monoisotopic (exact) mass is 240 g/mol. The van der Waals surface area contributed by atoms with Crippen molar-refractivity contribution in [2.75, 3.05) is 25.2 Å². The standard InChI is InChI=1S/C13H21FN2O/c1-10(2)16(6-7-17-3)12-5-4-11(9-15)13(14)8-12/h4-5,8,10H,6-7,9,15H2,1-3H3. The third-order valence-corrected chi connectivity index (χ3v) is 2.75. The average molecular weight is 240 g/mol. The van der Waals surface area contributed by atoms with Gasteiger partial charge in [-0.05, 0) is 26.0 Å². The van der Waals surface area contributed by atoms with E-state index in [2.05, 4.69) is 18.7 Å². The summed E-state index contributed by atoms with van der Waals surface area (Å²) in [4.78, 5) is 2.10. The summed E-state index contributed by atoms with van der Waals surface area (Å²) < 4.78 is 18.7. The predicted molar refractivity (Wildman–Crippen MR) is 68.6 cm³/mol. The number of hydrogen-bond donors (Lipinski definition) is 1. The van der Waals surface area contributed by atoms with E-state index in [0.29, 0.717) is 18.2 Å². The van der Waals surface area contributed by atoms with Crippen LogP contribution in [0.3, 0.4) is 0 Å². The second-order valence-electron chi connectivity index (χ2n) is 4.26. The molecule has 0 saturated heterocycles. The highest BCUT2D eigenvalue weighted by Gasteiger charge is 2.12. The van der Waals surface area contributed by atoms with Gasteiger partial charge in [0.2, 0.25) is 0 Å². The Morgan fingerprint density at radius 2 is 2.12 bits per heavy atom. The highest BCUT2D eigenvalue weighted by atomic mass is 19.1. The van der Waals surface area contributed by atoms with Crippen molar-refractivity contribution < 1.29 is 9.13 Å². The molecule has 0 amide bonds. The van der Waals surface area contributed by atoms with E-state index in [-0.39, 0.29) is 12.4 Å². The molecule has 0 aliphatic heterocycles. The molecule has 0 aliphatic rings. The van der Waals surface area contributed by atoms with Crippen molar-refractivity contribution in [3.05, 3.63) is 29.6 Å². The van der Waals surface area contributed by atoms with Crippen molar-refractivity contribution in [2.45, 2.75) is 26.4 Å². The van der Waals surface area contributed by atoms with Crippen LogP contribution < -0.4 is 10.6 Å². The molecule has 0 radical (unpaired) electrons. The van der Waals surface area contributed by atoms with Crippen molar-refractivity contribution in [3.8, 4) is 0 Å². The van der Waals surface area contributed by atoms with Gasteiger partial charge in [0.1, 0.15) is 5.82 Å². The molecule has 0 aromatic heterocycles. The van der Waals surface area contributed by atoms with E-state index in [4.69, 9.17) is 10.5 Å². The molecule has 0 heterocycles. The lowest BCUT2D eigenvalue weighted by Gasteiger charge is -2.29. The number of methoxy groups -OCH3 is 1. The Kier molecular flexibility index (Phi) is 5.38. The summed E-state index contributed by atoms with van der Waals surface area (Å²) in [5, 5.41) is 0. The highest BCUT2D eigenvalue weighted by molar-refractivity contribution is 5.49. The van der Waals surface area contributed by atoms with Gasteiger partial charge in [0.05, 0.1) is 6.61 Å². The molecule has 0 bridgehead atoms. The van der Waals surface area contributed by atoms with Crippen molar-refractivity contribution in [1.29, 1.82) is 0 Å². The molecule has 0 fully saturated rings. The van der Waals surface area contributed by atoms with Gasteiger partial charge in [-0.15, -0.1) is 0 Å². The smallest absolute Gasteiger partial charge is 0.129 e. The molecule has 0 aliphatic carbocycles. The number of nitrogens with two attached hydrogens (primary N) is 1. The van der Waals surface area contributed by atoms with Crippen molar-refractivity contribution >= 4 is 5.69 Å². The third kappa shape index (κ3) is 3.68. The molecule has 2 N–H and O–H groups in total. The van der Waals surface area contributed by atoms with Gasteiger partial charge in [-0.1, -0.05) is 6.07 Å². The fraction of sp³-hybridized carbons (Fsp3) is 0.538. The second kappa shape index (κ2) is 6.57. The summed E-state index contributed by atoms with van der Waals surface area (Å²) in [7, 11) is 1.66. The second-order valence-corrected chi connectivity index (χ2v) is 4.26. The number of hydrogen-bond acceptors (Lipinski definition) is 3. The molecule has 0 spiro atoms. The molecule has 17 heavy (non-hydrogen) atoms. The quantitative estimate of drug-likeness (QED) is 0.828. The van der Waals surface area contributed by atoms with Gasteiger partial charge in [0.15, 0.2) is 0 Å². The molecule has 0 atom stereocenters. The summed E-state index contributed by atoms with van der Waals surface area (Å²) >= 11 is 0. The Morgan fingerprint density at radius 3 is 2.59 bits per heavy atom. The maximum Gasteiger partial charge on any atom is 0.129 e. The van der Waals surface area contributed by atoms with Crippen LogP contribution in [0.4, 0.5) is 10.1 Å². The molecular formula is C13H21FN2O. The first-order chi connectivity index (χ1) is 8.10. The first-order valence-electron chi connectivity index (χ1n) is 5.84. The molecule has 4 heteroatoms. The van der Waals surface area contributed by atoms with Crippen LogP contribution in [0.1, 0.15) is 19.4 Å². The Balaban J connectivity index is 2.90. The van der Waals surface area contributed by atoms with E-state index in [1.165, 1.54) is 6.07 Å². The summed E-state index contributed by atoms with van der Waals surface area (Å²) in [6.45, 7) is 5.74. The van der Waals surface area contributed by atoms with E-state index >= 15 is 0 Å². The Hall–Kier alpha value is -1.13. The van der Waals surface area contributed by atoms with Gasteiger partial charge >= 0.3 is 0 Å². The van der Waals surface area contributed by atoms with Crippen LogP contribution in [-0.4, -0.2) is 26.3 Å². The van der Waals surface area contributed by atoms with Gasteiger partial charge < -0.3 is 15.4 Å².